The molecular formula is C15H20N2O2S. The number of hydrogen-bond acceptors (Lipinski definition) is 5. The molecule has 4 nitrogen and oxygen atoms in total. The number of para-hydroxylation sites is 1. The lowest BCUT2D eigenvalue weighted by Gasteiger charge is -2.05. The molecular weight excluding hydrogens is 272 g/mol. The third kappa shape index (κ3) is 4.30. The van der Waals surface area contributed by atoms with Crippen molar-refractivity contribution in [3.8, 4) is 5.75 Å². The van der Waals surface area contributed by atoms with Crippen LogP contribution in [0.4, 0.5) is 0 Å². The summed E-state index contributed by atoms with van der Waals surface area (Å²) in [4.78, 5) is 5.72. The molecule has 1 aromatic carbocycles. The van der Waals surface area contributed by atoms with Crippen molar-refractivity contribution in [1.82, 2.24) is 10.3 Å². The lowest BCUT2D eigenvalue weighted by Crippen LogP contribution is -2.17. The highest BCUT2D eigenvalue weighted by molar-refractivity contribution is 7.11. The molecule has 1 aromatic heterocycles. The van der Waals surface area contributed by atoms with Crippen molar-refractivity contribution in [1.29, 1.82) is 0 Å². The topological polar surface area (TPSA) is 43.4 Å². The Hall–Kier alpha value is -1.43. The Morgan fingerprint density at radius 3 is 2.90 bits per heavy atom. The van der Waals surface area contributed by atoms with Crippen LogP contribution >= 0.6 is 11.3 Å². The summed E-state index contributed by atoms with van der Waals surface area (Å²) >= 11 is 1.73. The van der Waals surface area contributed by atoms with Crippen LogP contribution in [0.25, 0.3) is 0 Å². The average Bonchev–Trinajstić information content (AvgIpc) is 2.92. The first-order valence-electron chi connectivity index (χ1n) is 6.58. The van der Waals surface area contributed by atoms with Crippen LogP contribution in [0.15, 0.2) is 30.5 Å². The second-order valence-electron chi connectivity index (χ2n) is 4.38. The molecule has 0 atom stereocenters. The number of nitrogens with one attached hydrogen (secondary N) is 1. The molecule has 108 valence electrons. The number of thiazole rings is 1. The van der Waals surface area contributed by atoms with E-state index in [1.165, 1.54) is 10.4 Å². The molecule has 0 radical (unpaired) electrons. The summed E-state index contributed by atoms with van der Waals surface area (Å²) in [5.74, 6) is 0.919. The van der Waals surface area contributed by atoms with Gasteiger partial charge in [0.1, 0.15) is 5.75 Å². The minimum atomic E-state index is 0.729. The minimum absolute atomic E-state index is 0.729. The molecule has 0 saturated carbocycles. The highest BCUT2D eigenvalue weighted by atomic mass is 32.1. The van der Waals surface area contributed by atoms with E-state index in [0.29, 0.717) is 0 Å². The molecule has 20 heavy (non-hydrogen) atoms. The van der Waals surface area contributed by atoms with Gasteiger partial charge < -0.3 is 14.8 Å². The van der Waals surface area contributed by atoms with Gasteiger partial charge in [0.25, 0.3) is 0 Å². The highest BCUT2D eigenvalue weighted by Gasteiger charge is 2.07. The van der Waals surface area contributed by atoms with E-state index in [2.05, 4.69) is 16.4 Å². The zero-order valence-corrected chi connectivity index (χ0v) is 12.7. The van der Waals surface area contributed by atoms with Gasteiger partial charge in [0, 0.05) is 43.3 Å². The van der Waals surface area contributed by atoms with Crippen molar-refractivity contribution in [2.75, 3.05) is 27.4 Å². The van der Waals surface area contributed by atoms with Gasteiger partial charge in [-0.15, -0.1) is 11.3 Å². The summed E-state index contributed by atoms with van der Waals surface area (Å²) in [6, 6.07) is 8.07. The third-order valence-corrected chi connectivity index (χ3v) is 3.92. The summed E-state index contributed by atoms with van der Waals surface area (Å²) in [6.07, 6.45) is 2.75. The first-order valence-corrected chi connectivity index (χ1v) is 7.40. The van der Waals surface area contributed by atoms with Gasteiger partial charge in [-0.3, -0.25) is 0 Å². The summed E-state index contributed by atoms with van der Waals surface area (Å²) < 4.78 is 10.4. The molecule has 0 saturated heterocycles. The van der Waals surface area contributed by atoms with Gasteiger partial charge in [-0.1, -0.05) is 18.2 Å². The zero-order valence-electron chi connectivity index (χ0n) is 11.9. The van der Waals surface area contributed by atoms with Crippen LogP contribution < -0.4 is 10.1 Å². The Kier molecular flexibility index (Phi) is 5.98. The quantitative estimate of drug-likeness (QED) is 0.759. The Balaban J connectivity index is 1.92. The Bertz CT molecular complexity index is 528. The fourth-order valence-corrected chi connectivity index (χ4v) is 2.82. The maximum atomic E-state index is 5.37. The molecule has 2 rings (SSSR count). The fraction of sp³-hybridized carbons (Fsp3) is 0.400. The molecule has 0 bridgehead atoms. The van der Waals surface area contributed by atoms with Gasteiger partial charge >= 0.3 is 0 Å². The summed E-state index contributed by atoms with van der Waals surface area (Å²) in [5, 5.41) is 4.43. The molecule has 0 spiro atoms. The van der Waals surface area contributed by atoms with Crippen LogP contribution in [0.1, 0.15) is 15.4 Å². The first-order chi connectivity index (χ1) is 9.83. The predicted octanol–water partition coefficient (Wildman–Crippen LogP) is 2.48. The van der Waals surface area contributed by atoms with Gasteiger partial charge in [-0.25, -0.2) is 4.98 Å². The number of hydrogen-bond donors (Lipinski definition) is 1. The van der Waals surface area contributed by atoms with Crippen molar-refractivity contribution in [3.63, 3.8) is 0 Å². The Labute approximate surface area is 123 Å². The lowest BCUT2D eigenvalue weighted by molar-refractivity contribution is 0.199. The van der Waals surface area contributed by atoms with E-state index < -0.39 is 0 Å². The normalized spacial score (nSPS) is 10.7. The van der Waals surface area contributed by atoms with Gasteiger partial charge in [0.15, 0.2) is 0 Å². The molecule has 0 amide bonds. The molecule has 1 N–H and O–H groups in total. The van der Waals surface area contributed by atoms with Gasteiger partial charge in [0.05, 0.1) is 18.7 Å². The molecule has 0 fully saturated rings. The van der Waals surface area contributed by atoms with E-state index in [1.54, 1.807) is 25.6 Å². The minimum Gasteiger partial charge on any atom is -0.496 e. The highest BCUT2D eigenvalue weighted by Crippen LogP contribution is 2.23. The number of benzene rings is 1. The largest absolute Gasteiger partial charge is 0.496 e. The Morgan fingerprint density at radius 2 is 2.10 bits per heavy atom. The molecule has 1 heterocycles. The maximum Gasteiger partial charge on any atom is 0.122 e. The smallest absolute Gasteiger partial charge is 0.122 e. The van der Waals surface area contributed by atoms with Crippen molar-refractivity contribution >= 4 is 11.3 Å². The monoisotopic (exact) mass is 292 g/mol. The van der Waals surface area contributed by atoms with Crippen LogP contribution in [-0.4, -0.2) is 32.4 Å². The van der Waals surface area contributed by atoms with Crippen LogP contribution in [0.3, 0.4) is 0 Å². The SMILES string of the molecule is COCCNCc1cnc(Cc2ccccc2OC)s1. The second kappa shape index (κ2) is 7.99. The van der Waals surface area contributed by atoms with Crippen LogP contribution in [0.5, 0.6) is 5.75 Å². The van der Waals surface area contributed by atoms with Crippen LogP contribution in [0.2, 0.25) is 0 Å². The van der Waals surface area contributed by atoms with Gasteiger partial charge in [-0.2, -0.15) is 0 Å². The van der Waals surface area contributed by atoms with Crippen molar-refractivity contribution in [2.45, 2.75) is 13.0 Å². The van der Waals surface area contributed by atoms with E-state index in [4.69, 9.17) is 9.47 Å². The number of rotatable bonds is 8. The third-order valence-electron chi connectivity index (χ3n) is 2.92. The molecule has 0 aliphatic rings. The number of methoxy groups -OCH3 is 2. The number of aromatic nitrogens is 1. The Morgan fingerprint density at radius 1 is 1.25 bits per heavy atom. The molecule has 0 unspecified atom stereocenters. The van der Waals surface area contributed by atoms with E-state index in [9.17, 15) is 0 Å². The number of ether oxygens (including phenoxy) is 2. The summed E-state index contributed by atoms with van der Waals surface area (Å²) in [5.41, 5.74) is 1.17. The fourth-order valence-electron chi connectivity index (χ4n) is 1.91. The zero-order chi connectivity index (χ0) is 14.2. The van der Waals surface area contributed by atoms with Crippen molar-refractivity contribution in [3.05, 3.63) is 45.9 Å². The van der Waals surface area contributed by atoms with E-state index >= 15 is 0 Å². The summed E-state index contributed by atoms with van der Waals surface area (Å²) in [7, 11) is 3.41. The molecule has 0 aliphatic heterocycles. The first kappa shape index (κ1) is 15.0. The van der Waals surface area contributed by atoms with E-state index in [1.807, 2.05) is 24.4 Å². The van der Waals surface area contributed by atoms with Crippen LogP contribution in [-0.2, 0) is 17.7 Å². The lowest BCUT2D eigenvalue weighted by atomic mass is 10.1. The number of nitrogens with zero attached hydrogens (tertiary/aromatic N) is 1. The molecule has 2 aromatic rings. The van der Waals surface area contributed by atoms with E-state index in [0.717, 1.165) is 36.9 Å². The van der Waals surface area contributed by atoms with Crippen molar-refractivity contribution < 1.29 is 9.47 Å². The maximum absolute atomic E-state index is 5.37. The average molecular weight is 292 g/mol. The predicted molar refractivity (Wildman–Crippen MR) is 81.5 cm³/mol. The second-order valence-corrected chi connectivity index (χ2v) is 5.58. The standard InChI is InChI=1S/C15H20N2O2S/c1-18-8-7-16-10-13-11-17-15(20-13)9-12-5-3-4-6-14(12)19-2/h3-6,11,16H,7-10H2,1-2H3. The van der Waals surface area contributed by atoms with Crippen LogP contribution in [0, 0.1) is 0 Å². The molecule has 0 aliphatic carbocycles. The van der Waals surface area contributed by atoms with Crippen molar-refractivity contribution in [2.24, 2.45) is 0 Å². The van der Waals surface area contributed by atoms with Gasteiger partial charge in [-0.05, 0) is 6.07 Å². The van der Waals surface area contributed by atoms with E-state index in [-0.39, 0.29) is 0 Å². The molecule has 5 heteroatoms. The summed E-state index contributed by atoms with van der Waals surface area (Å²) in [6.45, 7) is 2.43. The van der Waals surface area contributed by atoms with Gasteiger partial charge in [0.2, 0.25) is 0 Å².